The minimum atomic E-state index is -0.0819. The smallest absolute Gasteiger partial charge is 0.0496 e. The van der Waals surface area contributed by atoms with E-state index < -0.39 is 0 Å². The minimum absolute atomic E-state index is 0.0819. The predicted octanol–water partition coefficient (Wildman–Crippen LogP) is 8.47. The minimum Gasteiger partial charge on any atom is -0.381 e. The summed E-state index contributed by atoms with van der Waals surface area (Å²) in [6, 6.07) is 4.26. The summed E-state index contributed by atoms with van der Waals surface area (Å²) in [6.07, 6.45) is 6.57. The van der Waals surface area contributed by atoms with Crippen LogP contribution in [0.4, 0.5) is 0 Å². The summed E-state index contributed by atoms with van der Waals surface area (Å²) in [7, 11) is -0.0819. The summed E-state index contributed by atoms with van der Waals surface area (Å²) >= 11 is 0. The van der Waals surface area contributed by atoms with Crippen molar-refractivity contribution in [1.29, 1.82) is 0 Å². The fraction of sp³-hybridized carbons (Fsp3) is 1.00. The molecule has 2 heteroatoms. The molecule has 0 aromatic heterocycles. The van der Waals surface area contributed by atoms with Gasteiger partial charge in [-0.3, -0.25) is 0 Å². The fourth-order valence-electron chi connectivity index (χ4n) is 4.57. The van der Waals surface area contributed by atoms with E-state index in [1.165, 1.54) is 50.2 Å². The van der Waals surface area contributed by atoms with Crippen LogP contribution in [0.1, 0.15) is 101 Å². The number of rotatable bonds is 14. The van der Waals surface area contributed by atoms with Crippen LogP contribution in [0.5, 0.6) is 0 Å². The molecule has 0 spiro atoms. The molecule has 0 aliphatic carbocycles. The Hall–Kier alpha value is 0.177. The van der Waals surface area contributed by atoms with Crippen LogP contribution in [0.3, 0.4) is 0 Å². The van der Waals surface area contributed by atoms with Crippen LogP contribution >= 0.6 is 0 Å². The molecule has 3 atom stereocenters. The topological polar surface area (TPSA) is 9.23 Å². The second-order valence-electron chi connectivity index (χ2n) is 11.6. The van der Waals surface area contributed by atoms with Gasteiger partial charge in [0.15, 0.2) is 0 Å². The molecule has 0 heterocycles. The largest absolute Gasteiger partial charge is 0.381 e. The molecule has 163 valence electrons. The molecule has 0 fully saturated rings. The number of hydrogen-bond acceptors (Lipinski definition) is 1. The van der Waals surface area contributed by atoms with Crippen LogP contribution in [-0.4, -0.2) is 22.0 Å². The molecule has 1 radical (unpaired) electrons. The highest BCUT2D eigenvalue weighted by Gasteiger charge is 2.24. The highest BCUT2D eigenvalue weighted by atomic mass is 28.3. The standard InChI is InChI=1S/C25H53OSi/c1-11-27(12-2)17-13-16-26-20-23(22(4)19-25(8,9)10)15-14-21(3)18-24(5,6)7/h21-23H,11-20H2,1-10H3. The molecule has 0 aromatic carbocycles. The maximum absolute atomic E-state index is 6.22. The molecule has 27 heavy (non-hydrogen) atoms. The van der Waals surface area contributed by atoms with E-state index in [0.717, 1.165) is 25.0 Å². The van der Waals surface area contributed by atoms with Crippen molar-refractivity contribution >= 4 is 8.80 Å². The van der Waals surface area contributed by atoms with Gasteiger partial charge in [-0.05, 0) is 54.3 Å². The lowest BCUT2D eigenvalue weighted by atomic mass is 9.76. The van der Waals surface area contributed by atoms with Crippen molar-refractivity contribution in [2.45, 2.75) is 119 Å². The van der Waals surface area contributed by atoms with Gasteiger partial charge in [-0.2, -0.15) is 0 Å². The van der Waals surface area contributed by atoms with Crippen LogP contribution in [0.15, 0.2) is 0 Å². The second-order valence-corrected chi connectivity index (χ2v) is 15.0. The SMILES string of the molecule is CC[Si](CC)CCCOCC(CCC(C)CC(C)(C)C)C(C)CC(C)(C)C. The molecule has 0 N–H and O–H groups in total. The van der Waals surface area contributed by atoms with E-state index in [1.54, 1.807) is 0 Å². The first-order valence-corrected chi connectivity index (χ1v) is 13.9. The normalized spacial score (nSPS) is 16.6. The van der Waals surface area contributed by atoms with E-state index in [1.807, 2.05) is 0 Å². The van der Waals surface area contributed by atoms with E-state index in [9.17, 15) is 0 Å². The van der Waals surface area contributed by atoms with Gasteiger partial charge < -0.3 is 4.74 Å². The number of hydrogen-bond donors (Lipinski definition) is 0. The van der Waals surface area contributed by atoms with E-state index in [4.69, 9.17) is 4.74 Å². The lowest BCUT2D eigenvalue weighted by molar-refractivity contribution is 0.0629. The molecule has 0 aromatic rings. The van der Waals surface area contributed by atoms with Gasteiger partial charge in [-0.25, -0.2) is 0 Å². The van der Waals surface area contributed by atoms with Crippen molar-refractivity contribution in [3.8, 4) is 0 Å². The monoisotopic (exact) mass is 397 g/mol. The summed E-state index contributed by atoms with van der Waals surface area (Å²) in [4.78, 5) is 0. The van der Waals surface area contributed by atoms with Gasteiger partial charge >= 0.3 is 0 Å². The van der Waals surface area contributed by atoms with Crippen molar-refractivity contribution in [1.82, 2.24) is 0 Å². The van der Waals surface area contributed by atoms with Gasteiger partial charge in [-0.1, -0.05) is 93.8 Å². The average Bonchev–Trinajstić information content (AvgIpc) is 2.50. The zero-order chi connectivity index (χ0) is 21.1. The van der Waals surface area contributed by atoms with Gasteiger partial charge in [-0.15, -0.1) is 0 Å². The molecule has 1 nitrogen and oxygen atoms in total. The van der Waals surface area contributed by atoms with Gasteiger partial charge in [0.2, 0.25) is 0 Å². The number of ether oxygens (including phenoxy) is 1. The first kappa shape index (κ1) is 27.2. The molecule has 0 aliphatic heterocycles. The quantitative estimate of drug-likeness (QED) is 0.211. The van der Waals surface area contributed by atoms with Crippen molar-refractivity contribution in [3.63, 3.8) is 0 Å². The molecule has 0 saturated heterocycles. The van der Waals surface area contributed by atoms with Crippen molar-refractivity contribution < 1.29 is 4.74 Å². The zero-order valence-corrected chi connectivity index (χ0v) is 21.7. The Morgan fingerprint density at radius 2 is 1.37 bits per heavy atom. The summed E-state index contributed by atoms with van der Waals surface area (Å²) in [5, 5.41) is 0. The lowest BCUT2D eigenvalue weighted by Gasteiger charge is -2.31. The molecule has 3 unspecified atom stereocenters. The first-order chi connectivity index (χ1) is 12.4. The van der Waals surface area contributed by atoms with Crippen molar-refractivity contribution in [2.24, 2.45) is 28.6 Å². The van der Waals surface area contributed by atoms with E-state index in [2.05, 4.69) is 69.2 Å². The van der Waals surface area contributed by atoms with Gasteiger partial charge in [0.25, 0.3) is 0 Å². The molecular weight excluding hydrogens is 344 g/mol. The Balaban J connectivity index is 4.48. The average molecular weight is 398 g/mol. The van der Waals surface area contributed by atoms with E-state index in [-0.39, 0.29) is 8.80 Å². The predicted molar refractivity (Wildman–Crippen MR) is 126 cm³/mol. The fourth-order valence-corrected chi connectivity index (χ4v) is 6.42. The third kappa shape index (κ3) is 15.7. The molecule has 0 aliphatic rings. The van der Waals surface area contributed by atoms with Crippen LogP contribution in [0, 0.1) is 28.6 Å². The summed E-state index contributed by atoms with van der Waals surface area (Å²) in [5.74, 6) is 2.28. The first-order valence-electron chi connectivity index (χ1n) is 11.8. The third-order valence-corrected chi connectivity index (χ3v) is 8.94. The summed E-state index contributed by atoms with van der Waals surface area (Å²) < 4.78 is 6.22. The van der Waals surface area contributed by atoms with Crippen LogP contribution in [-0.2, 0) is 4.74 Å². The molecule has 0 saturated carbocycles. The van der Waals surface area contributed by atoms with Crippen molar-refractivity contribution in [3.05, 3.63) is 0 Å². The van der Waals surface area contributed by atoms with E-state index in [0.29, 0.717) is 16.7 Å². The van der Waals surface area contributed by atoms with Crippen LogP contribution in [0.2, 0.25) is 18.1 Å². The molecular formula is C25H53OSi. The maximum Gasteiger partial charge on any atom is 0.0496 e. The summed E-state index contributed by atoms with van der Waals surface area (Å²) in [6.45, 7) is 25.8. The molecule has 0 bridgehead atoms. The maximum atomic E-state index is 6.22. The Kier molecular flexibility index (Phi) is 13.5. The zero-order valence-electron chi connectivity index (χ0n) is 20.7. The highest BCUT2D eigenvalue weighted by Crippen LogP contribution is 2.33. The van der Waals surface area contributed by atoms with Crippen LogP contribution < -0.4 is 0 Å². The Bertz CT molecular complexity index is 348. The highest BCUT2D eigenvalue weighted by molar-refractivity contribution is 6.58. The Morgan fingerprint density at radius 3 is 1.85 bits per heavy atom. The molecule has 0 amide bonds. The van der Waals surface area contributed by atoms with Crippen molar-refractivity contribution in [2.75, 3.05) is 13.2 Å². The second kappa shape index (κ2) is 13.4. The molecule has 0 rings (SSSR count). The van der Waals surface area contributed by atoms with Crippen LogP contribution in [0.25, 0.3) is 0 Å². The van der Waals surface area contributed by atoms with Gasteiger partial charge in [0, 0.05) is 22.0 Å². The third-order valence-electron chi connectivity index (χ3n) is 5.88. The summed E-state index contributed by atoms with van der Waals surface area (Å²) in [5.41, 5.74) is 0.856. The van der Waals surface area contributed by atoms with E-state index >= 15 is 0 Å². The Labute approximate surface area is 175 Å². The Morgan fingerprint density at radius 1 is 0.815 bits per heavy atom. The van der Waals surface area contributed by atoms with Gasteiger partial charge in [0.1, 0.15) is 0 Å². The van der Waals surface area contributed by atoms with Gasteiger partial charge in [0.05, 0.1) is 0 Å². The lowest BCUT2D eigenvalue weighted by Crippen LogP contribution is -2.24.